The lowest BCUT2D eigenvalue weighted by atomic mass is 10.3. The largest absolute Gasteiger partial charge is 0.314 e. The molecule has 4 aromatic rings. The van der Waals surface area contributed by atoms with Crippen molar-refractivity contribution in [3.8, 4) is 0 Å². The molecule has 104 valence electrons. The second kappa shape index (κ2) is 4.78. The topological polar surface area (TPSA) is 65.1 Å². The summed E-state index contributed by atoms with van der Waals surface area (Å²) in [6.45, 7) is 0.657. The average molecular weight is 297 g/mol. The predicted octanol–water partition coefficient (Wildman–Crippen LogP) is 1.74. The van der Waals surface area contributed by atoms with Crippen molar-refractivity contribution in [2.24, 2.45) is 0 Å². The average Bonchev–Trinajstić information content (AvgIpc) is 3.17. The fourth-order valence-corrected chi connectivity index (χ4v) is 3.06. The number of nitrogens with zero attached hydrogens (tertiary/aromatic N) is 5. The molecule has 6 nitrogen and oxygen atoms in total. The van der Waals surface area contributed by atoms with Gasteiger partial charge in [0.2, 0.25) is 0 Å². The van der Waals surface area contributed by atoms with Crippen LogP contribution < -0.4 is 5.56 Å². The normalized spacial score (nSPS) is 11.4. The maximum Gasteiger partial charge on any atom is 0.261 e. The van der Waals surface area contributed by atoms with Gasteiger partial charge < -0.3 is 4.57 Å². The first-order chi connectivity index (χ1) is 10.3. The molecule has 4 rings (SSSR count). The summed E-state index contributed by atoms with van der Waals surface area (Å²) < 4.78 is 3.30. The Morgan fingerprint density at radius 2 is 2.19 bits per heavy atom. The Bertz CT molecular complexity index is 970. The summed E-state index contributed by atoms with van der Waals surface area (Å²) in [6, 6.07) is 5.99. The van der Waals surface area contributed by atoms with Crippen LogP contribution in [0.3, 0.4) is 0 Å². The van der Waals surface area contributed by atoms with Crippen LogP contribution in [0.5, 0.6) is 0 Å². The third-order valence-corrected chi connectivity index (χ3v) is 4.36. The second-order valence-corrected chi connectivity index (χ2v) is 5.70. The minimum absolute atomic E-state index is 0.0473. The third-order valence-electron chi connectivity index (χ3n) is 3.43. The monoisotopic (exact) mass is 297 g/mol. The highest BCUT2D eigenvalue weighted by molar-refractivity contribution is 7.09. The predicted molar refractivity (Wildman–Crippen MR) is 80.6 cm³/mol. The lowest BCUT2D eigenvalue weighted by molar-refractivity contribution is 0.679. The van der Waals surface area contributed by atoms with Crippen molar-refractivity contribution in [3.63, 3.8) is 0 Å². The molecule has 0 amide bonds. The minimum Gasteiger partial charge on any atom is -0.314 e. The van der Waals surface area contributed by atoms with E-state index in [1.165, 1.54) is 11.2 Å². The Hall–Kier alpha value is -2.54. The Morgan fingerprint density at radius 1 is 1.24 bits per heavy atom. The Morgan fingerprint density at radius 3 is 3.05 bits per heavy atom. The fraction of sp³-hybridized carbons (Fsp3) is 0.143. The van der Waals surface area contributed by atoms with Crippen molar-refractivity contribution >= 4 is 28.0 Å². The molecule has 4 heterocycles. The number of rotatable bonds is 3. The number of aryl methyl sites for hydroxylation is 2. The van der Waals surface area contributed by atoms with E-state index in [1.54, 1.807) is 32.8 Å². The van der Waals surface area contributed by atoms with Crippen LogP contribution >= 0.6 is 11.3 Å². The van der Waals surface area contributed by atoms with E-state index in [2.05, 4.69) is 21.1 Å². The smallest absolute Gasteiger partial charge is 0.261 e. The van der Waals surface area contributed by atoms with E-state index in [9.17, 15) is 4.79 Å². The molecule has 0 N–H and O–H groups in total. The highest BCUT2D eigenvalue weighted by Gasteiger charge is 2.08. The van der Waals surface area contributed by atoms with Gasteiger partial charge in [-0.2, -0.15) is 14.6 Å². The number of hydrogen-bond donors (Lipinski definition) is 0. The van der Waals surface area contributed by atoms with Crippen molar-refractivity contribution in [3.05, 3.63) is 57.5 Å². The zero-order valence-corrected chi connectivity index (χ0v) is 11.8. The van der Waals surface area contributed by atoms with Gasteiger partial charge in [-0.1, -0.05) is 6.07 Å². The first kappa shape index (κ1) is 12.2. The van der Waals surface area contributed by atoms with Gasteiger partial charge in [-0.3, -0.25) is 4.79 Å². The van der Waals surface area contributed by atoms with Gasteiger partial charge in [0.1, 0.15) is 6.33 Å². The SMILES string of the molecule is O=c1c2cnc3ncnn3c2ccn1CCc1cccs1. The molecule has 0 bridgehead atoms. The highest BCUT2D eigenvalue weighted by atomic mass is 32.1. The highest BCUT2D eigenvalue weighted by Crippen LogP contribution is 2.11. The van der Waals surface area contributed by atoms with Crippen molar-refractivity contribution in [1.82, 2.24) is 24.1 Å². The van der Waals surface area contributed by atoms with Gasteiger partial charge in [-0.05, 0) is 23.9 Å². The van der Waals surface area contributed by atoms with E-state index in [0.29, 0.717) is 17.7 Å². The van der Waals surface area contributed by atoms with E-state index in [-0.39, 0.29) is 5.56 Å². The second-order valence-electron chi connectivity index (χ2n) is 4.67. The van der Waals surface area contributed by atoms with Gasteiger partial charge >= 0.3 is 0 Å². The standard InChI is InChI=1S/C14H11N5OS/c20-13-11-8-15-14-16-9-17-19(14)12(11)4-6-18(13)5-3-10-2-1-7-21-10/h1-2,4,6-9H,3,5H2. The summed E-state index contributed by atoms with van der Waals surface area (Å²) in [5.41, 5.74) is 0.684. The van der Waals surface area contributed by atoms with Gasteiger partial charge in [0, 0.05) is 23.8 Å². The molecule has 0 aliphatic carbocycles. The maximum absolute atomic E-state index is 12.5. The van der Waals surface area contributed by atoms with Crippen LogP contribution in [0, 0.1) is 0 Å². The van der Waals surface area contributed by atoms with Gasteiger partial charge in [0.25, 0.3) is 11.3 Å². The molecule has 4 aromatic heterocycles. The Labute approximate surface area is 123 Å². The lowest BCUT2D eigenvalue weighted by Crippen LogP contribution is -2.21. The van der Waals surface area contributed by atoms with Gasteiger partial charge in [0.05, 0.1) is 10.9 Å². The molecular formula is C14H11N5OS. The third kappa shape index (κ3) is 2.02. The molecule has 0 atom stereocenters. The molecule has 0 aromatic carbocycles. The van der Waals surface area contributed by atoms with Crippen molar-refractivity contribution in [2.75, 3.05) is 0 Å². The molecule has 0 spiro atoms. The summed E-state index contributed by atoms with van der Waals surface area (Å²) in [5.74, 6) is 0.498. The summed E-state index contributed by atoms with van der Waals surface area (Å²) in [6.07, 6.45) is 5.66. The Balaban J connectivity index is 1.79. The van der Waals surface area contributed by atoms with Crippen molar-refractivity contribution < 1.29 is 0 Å². The molecular weight excluding hydrogens is 286 g/mol. The zero-order chi connectivity index (χ0) is 14.2. The van der Waals surface area contributed by atoms with Crippen LogP contribution in [0.2, 0.25) is 0 Å². The first-order valence-corrected chi connectivity index (χ1v) is 7.41. The summed E-state index contributed by atoms with van der Waals surface area (Å²) >= 11 is 1.70. The van der Waals surface area contributed by atoms with E-state index in [1.807, 2.05) is 17.5 Å². The van der Waals surface area contributed by atoms with Crippen molar-refractivity contribution in [2.45, 2.75) is 13.0 Å². The molecule has 21 heavy (non-hydrogen) atoms. The van der Waals surface area contributed by atoms with E-state index < -0.39 is 0 Å². The number of aromatic nitrogens is 5. The lowest BCUT2D eigenvalue weighted by Gasteiger charge is -2.06. The summed E-state index contributed by atoms with van der Waals surface area (Å²) in [5, 5.41) is 6.70. The number of pyridine rings is 1. The molecule has 7 heteroatoms. The summed E-state index contributed by atoms with van der Waals surface area (Å²) in [7, 11) is 0. The van der Waals surface area contributed by atoms with Crippen LogP contribution in [0.15, 0.2) is 47.1 Å². The van der Waals surface area contributed by atoms with E-state index in [4.69, 9.17) is 0 Å². The van der Waals surface area contributed by atoms with Gasteiger partial charge in [-0.25, -0.2) is 4.98 Å². The van der Waals surface area contributed by atoms with Crippen LogP contribution in [0.1, 0.15) is 4.88 Å². The maximum atomic E-state index is 12.5. The zero-order valence-electron chi connectivity index (χ0n) is 11.0. The van der Waals surface area contributed by atoms with Crippen molar-refractivity contribution in [1.29, 1.82) is 0 Å². The Kier molecular flexibility index (Phi) is 2.78. The fourth-order valence-electron chi connectivity index (χ4n) is 2.37. The number of fused-ring (bicyclic) bond motifs is 3. The van der Waals surface area contributed by atoms with Gasteiger partial charge in [0.15, 0.2) is 0 Å². The van der Waals surface area contributed by atoms with E-state index in [0.717, 1.165) is 11.9 Å². The van der Waals surface area contributed by atoms with Crippen LogP contribution in [0.25, 0.3) is 16.7 Å². The number of thiophene rings is 1. The molecule has 0 unspecified atom stereocenters. The summed E-state index contributed by atoms with van der Waals surface area (Å²) in [4.78, 5) is 22.0. The number of hydrogen-bond acceptors (Lipinski definition) is 5. The molecule has 0 radical (unpaired) electrons. The molecule has 0 saturated heterocycles. The van der Waals surface area contributed by atoms with Gasteiger partial charge in [-0.15, -0.1) is 11.3 Å². The van der Waals surface area contributed by atoms with Crippen LogP contribution in [0.4, 0.5) is 0 Å². The van der Waals surface area contributed by atoms with Crippen LogP contribution in [-0.4, -0.2) is 24.1 Å². The first-order valence-electron chi connectivity index (χ1n) is 6.53. The van der Waals surface area contributed by atoms with Crippen LogP contribution in [-0.2, 0) is 13.0 Å². The quantitative estimate of drug-likeness (QED) is 0.578. The molecule has 0 aliphatic heterocycles. The molecule has 0 saturated carbocycles. The minimum atomic E-state index is -0.0473. The molecule has 0 aliphatic rings. The molecule has 0 fully saturated rings. The van der Waals surface area contributed by atoms with E-state index >= 15 is 0 Å².